The average molecular weight is 304 g/mol. The molecule has 0 aliphatic carbocycles. The van der Waals surface area contributed by atoms with E-state index in [1.165, 1.54) is 0 Å². The molecular formula is C15H20N4OS. The Morgan fingerprint density at radius 3 is 2.62 bits per heavy atom. The molecule has 5 nitrogen and oxygen atoms in total. The van der Waals surface area contributed by atoms with Crippen molar-refractivity contribution in [2.45, 2.75) is 32.1 Å². The predicted octanol–water partition coefficient (Wildman–Crippen LogP) is 2.71. The number of amides is 1. The Bertz CT molecular complexity index is 607. The van der Waals surface area contributed by atoms with Crippen LogP contribution in [0.15, 0.2) is 24.3 Å². The van der Waals surface area contributed by atoms with E-state index in [9.17, 15) is 4.79 Å². The zero-order chi connectivity index (χ0) is 15.2. The summed E-state index contributed by atoms with van der Waals surface area (Å²) in [6.07, 6.45) is 4.27. The molecule has 6 heteroatoms. The molecule has 1 heterocycles. The smallest absolute Gasteiger partial charge is 0.248 e. The van der Waals surface area contributed by atoms with Crippen LogP contribution in [0.25, 0.3) is 11.4 Å². The van der Waals surface area contributed by atoms with Crippen LogP contribution in [0, 0.1) is 0 Å². The van der Waals surface area contributed by atoms with Crippen molar-refractivity contribution in [3.8, 4) is 11.4 Å². The molecule has 21 heavy (non-hydrogen) atoms. The highest BCUT2D eigenvalue weighted by atomic mass is 32.2. The van der Waals surface area contributed by atoms with Crippen LogP contribution < -0.4 is 5.73 Å². The summed E-state index contributed by atoms with van der Waals surface area (Å²) in [5.74, 6) is 2.11. The summed E-state index contributed by atoms with van der Waals surface area (Å²) in [6.45, 7) is 3.05. The van der Waals surface area contributed by atoms with Crippen molar-refractivity contribution in [3.63, 3.8) is 0 Å². The maximum Gasteiger partial charge on any atom is 0.248 e. The third-order valence-corrected chi connectivity index (χ3v) is 3.72. The lowest BCUT2D eigenvalue weighted by Crippen LogP contribution is -2.10. The van der Waals surface area contributed by atoms with Gasteiger partial charge in [0, 0.05) is 17.7 Å². The number of nitrogens with two attached hydrogens (primary N) is 1. The highest BCUT2D eigenvalue weighted by molar-refractivity contribution is 7.97. The molecule has 0 fully saturated rings. The van der Waals surface area contributed by atoms with Gasteiger partial charge in [0.25, 0.3) is 0 Å². The van der Waals surface area contributed by atoms with Crippen molar-refractivity contribution in [2.75, 3.05) is 6.26 Å². The van der Waals surface area contributed by atoms with Gasteiger partial charge in [-0.25, -0.2) is 9.67 Å². The molecule has 112 valence electrons. The molecule has 2 N–H and O–H groups in total. The SMILES string of the molecule is CCCCn1nc(-c2ccc(C(N)=O)cc2)nc1CSC. The molecule has 0 aliphatic heterocycles. The second-order valence-electron chi connectivity index (χ2n) is 4.80. The summed E-state index contributed by atoms with van der Waals surface area (Å²) in [7, 11) is 0. The molecule has 0 saturated carbocycles. The molecule has 0 atom stereocenters. The van der Waals surface area contributed by atoms with Gasteiger partial charge in [-0.3, -0.25) is 4.79 Å². The second-order valence-corrected chi connectivity index (χ2v) is 5.67. The first-order valence-electron chi connectivity index (χ1n) is 6.98. The topological polar surface area (TPSA) is 73.8 Å². The number of benzene rings is 1. The van der Waals surface area contributed by atoms with Crippen molar-refractivity contribution in [2.24, 2.45) is 5.73 Å². The molecule has 0 radical (unpaired) electrons. The van der Waals surface area contributed by atoms with E-state index in [0.29, 0.717) is 11.4 Å². The van der Waals surface area contributed by atoms with Gasteiger partial charge in [0.2, 0.25) is 5.91 Å². The first-order chi connectivity index (χ1) is 10.2. The number of unbranched alkanes of at least 4 members (excludes halogenated alkanes) is 1. The van der Waals surface area contributed by atoms with E-state index in [1.54, 1.807) is 23.9 Å². The molecule has 1 aromatic heterocycles. The minimum atomic E-state index is -0.425. The van der Waals surface area contributed by atoms with Crippen molar-refractivity contribution >= 4 is 17.7 Å². The van der Waals surface area contributed by atoms with Gasteiger partial charge < -0.3 is 5.73 Å². The standard InChI is InChI=1S/C15H20N4OS/c1-3-4-9-19-13(10-21-2)17-15(18-19)12-7-5-11(6-8-12)14(16)20/h5-8H,3-4,9-10H2,1-2H3,(H2,16,20). The Kier molecular flexibility index (Phi) is 5.38. The van der Waals surface area contributed by atoms with E-state index in [4.69, 9.17) is 5.73 Å². The lowest BCUT2D eigenvalue weighted by Gasteiger charge is -2.02. The first kappa shape index (κ1) is 15.6. The van der Waals surface area contributed by atoms with E-state index in [0.717, 1.165) is 36.5 Å². The summed E-state index contributed by atoms with van der Waals surface area (Å²) in [5, 5.41) is 4.59. The fourth-order valence-corrected chi connectivity index (χ4v) is 2.47. The largest absolute Gasteiger partial charge is 0.366 e. The third kappa shape index (κ3) is 3.85. The minimum absolute atomic E-state index is 0.425. The number of carbonyl (C=O) groups excluding carboxylic acids is 1. The number of nitrogens with zero attached hydrogens (tertiary/aromatic N) is 3. The van der Waals surface area contributed by atoms with Crippen molar-refractivity contribution in [3.05, 3.63) is 35.7 Å². The van der Waals surface area contributed by atoms with E-state index >= 15 is 0 Å². The maximum atomic E-state index is 11.1. The molecule has 1 amide bonds. The van der Waals surface area contributed by atoms with Crippen LogP contribution in [0.3, 0.4) is 0 Å². The summed E-state index contributed by atoms with van der Waals surface area (Å²) in [5.41, 5.74) is 6.64. The highest BCUT2D eigenvalue weighted by Gasteiger charge is 2.11. The van der Waals surface area contributed by atoms with Gasteiger partial charge in [-0.05, 0) is 24.8 Å². The number of thioether (sulfide) groups is 1. The zero-order valence-corrected chi connectivity index (χ0v) is 13.2. The average Bonchev–Trinajstić information content (AvgIpc) is 2.88. The number of hydrogen-bond donors (Lipinski definition) is 1. The molecule has 0 spiro atoms. The minimum Gasteiger partial charge on any atom is -0.366 e. The molecule has 0 saturated heterocycles. The van der Waals surface area contributed by atoms with Gasteiger partial charge in [0.1, 0.15) is 5.82 Å². The molecule has 1 aromatic carbocycles. The van der Waals surface area contributed by atoms with Gasteiger partial charge >= 0.3 is 0 Å². The Hall–Kier alpha value is -1.82. The van der Waals surface area contributed by atoms with E-state index in [-0.39, 0.29) is 0 Å². The van der Waals surface area contributed by atoms with Crippen LogP contribution >= 0.6 is 11.8 Å². The number of rotatable bonds is 7. The highest BCUT2D eigenvalue weighted by Crippen LogP contribution is 2.18. The fraction of sp³-hybridized carbons (Fsp3) is 0.400. The van der Waals surface area contributed by atoms with Gasteiger partial charge in [0.05, 0.1) is 5.75 Å². The van der Waals surface area contributed by atoms with Gasteiger partial charge in [-0.15, -0.1) is 0 Å². The predicted molar refractivity (Wildman–Crippen MR) is 86.1 cm³/mol. The summed E-state index contributed by atoms with van der Waals surface area (Å²) < 4.78 is 1.98. The van der Waals surface area contributed by atoms with E-state index in [1.807, 2.05) is 16.8 Å². The molecule has 2 rings (SSSR count). The molecule has 0 bridgehead atoms. The Morgan fingerprint density at radius 2 is 2.05 bits per heavy atom. The number of primary amides is 1. The van der Waals surface area contributed by atoms with Gasteiger partial charge in [-0.2, -0.15) is 16.9 Å². The zero-order valence-electron chi connectivity index (χ0n) is 12.4. The number of aryl methyl sites for hydroxylation is 1. The lowest BCUT2D eigenvalue weighted by molar-refractivity contribution is 0.100. The van der Waals surface area contributed by atoms with Crippen LogP contribution in [-0.4, -0.2) is 26.9 Å². The van der Waals surface area contributed by atoms with E-state index in [2.05, 4.69) is 23.3 Å². The number of aromatic nitrogens is 3. The normalized spacial score (nSPS) is 10.8. The third-order valence-electron chi connectivity index (χ3n) is 3.17. The Morgan fingerprint density at radius 1 is 1.33 bits per heavy atom. The maximum absolute atomic E-state index is 11.1. The summed E-state index contributed by atoms with van der Waals surface area (Å²) >= 11 is 1.73. The van der Waals surface area contributed by atoms with Gasteiger partial charge in [0.15, 0.2) is 5.82 Å². The van der Waals surface area contributed by atoms with Crippen LogP contribution in [0.4, 0.5) is 0 Å². The van der Waals surface area contributed by atoms with E-state index < -0.39 is 5.91 Å². The number of hydrogen-bond acceptors (Lipinski definition) is 4. The molecule has 0 aliphatic rings. The molecule has 2 aromatic rings. The fourth-order valence-electron chi connectivity index (χ4n) is 2.00. The monoisotopic (exact) mass is 304 g/mol. The van der Waals surface area contributed by atoms with Crippen molar-refractivity contribution in [1.82, 2.24) is 14.8 Å². The van der Waals surface area contributed by atoms with Crippen LogP contribution in [0.5, 0.6) is 0 Å². The summed E-state index contributed by atoms with van der Waals surface area (Å²) in [4.78, 5) is 15.7. The Balaban J connectivity index is 2.28. The quantitative estimate of drug-likeness (QED) is 0.853. The molecule has 0 unspecified atom stereocenters. The van der Waals surface area contributed by atoms with Crippen molar-refractivity contribution in [1.29, 1.82) is 0 Å². The lowest BCUT2D eigenvalue weighted by atomic mass is 10.1. The van der Waals surface area contributed by atoms with Gasteiger partial charge in [-0.1, -0.05) is 25.5 Å². The van der Waals surface area contributed by atoms with Crippen molar-refractivity contribution < 1.29 is 4.79 Å². The Labute approximate surface area is 128 Å². The molecular weight excluding hydrogens is 284 g/mol. The number of carbonyl (C=O) groups is 1. The first-order valence-corrected chi connectivity index (χ1v) is 8.38. The van der Waals surface area contributed by atoms with Crippen LogP contribution in [-0.2, 0) is 12.3 Å². The summed E-state index contributed by atoms with van der Waals surface area (Å²) in [6, 6.07) is 7.09. The van der Waals surface area contributed by atoms with Crippen LogP contribution in [0.2, 0.25) is 0 Å². The van der Waals surface area contributed by atoms with Crippen LogP contribution in [0.1, 0.15) is 35.9 Å². The second kappa shape index (κ2) is 7.26.